The number of nitrogens with zero attached hydrogens (tertiary/aromatic N) is 3. The fourth-order valence-electron chi connectivity index (χ4n) is 3.39. The molecule has 3 aromatic rings. The first-order valence-electron chi connectivity index (χ1n) is 8.60. The Hall–Kier alpha value is -2.96. The maximum Gasteiger partial charge on any atom is 0.274 e. The van der Waals surface area contributed by atoms with E-state index >= 15 is 0 Å². The van der Waals surface area contributed by atoms with E-state index in [0.29, 0.717) is 5.56 Å². The fourth-order valence-corrected chi connectivity index (χ4v) is 3.39. The van der Waals surface area contributed by atoms with Crippen molar-refractivity contribution in [3.63, 3.8) is 0 Å². The highest BCUT2D eigenvalue weighted by Gasteiger charge is 2.18. The molecule has 0 spiro atoms. The van der Waals surface area contributed by atoms with E-state index in [2.05, 4.69) is 34.3 Å². The van der Waals surface area contributed by atoms with Crippen molar-refractivity contribution < 1.29 is 10.0 Å². The van der Waals surface area contributed by atoms with Crippen LogP contribution in [0, 0.1) is 0 Å². The number of aromatic nitrogens is 2. The largest absolute Gasteiger partial charge is 0.294 e. The topological polar surface area (TPSA) is 70.4 Å². The molecule has 0 unspecified atom stereocenters. The Kier molecular flexibility index (Phi) is 4.51. The number of fused-ring (bicyclic) bond motifs is 1. The molecule has 6 heteroatoms. The summed E-state index contributed by atoms with van der Waals surface area (Å²) in [5, 5.41) is 13.0. The van der Waals surface area contributed by atoms with Crippen LogP contribution in [0.5, 0.6) is 0 Å². The number of carbonyl (C=O) groups excluding carboxylic acids is 1. The van der Waals surface area contributed by atoms with Crippen LogP contribution in [0.25, 0.3) is 5.69 Å². The molecule has 2 heterocycles. The summed E-state index contributed by atoms with van der Waals surface area (Å²) in [6.45, 7) is 2.69. The van der Waals surface area contributed by atoms with Crippen molar-refractivity contribution in [2.24, 2.45) is 0 Å². The molecule has 0 saturated carbocycles. The van der Waals surface area contributed by atoms with E-state index in [1.54, 1.807) is 17.7 Å². The lowest BCUT2D eigenvalue weighted by Crippen LogP contribution is -2.30. The third-order valence-electron chi connectivity index (χ3n) is 4.77. The van der Waals surface area contributed by atoms with Gasteiger partial charge in [-0.2, -0.15) is 5.10 Å². The minimum Gasteiger partial charge on any atom is -0.294 e. The van der Waals surface area contributed by atoms with Gasteiger partial charge in [0.25, 0.3) is 5.91 Å². The van der Waals surface area contributed by atoms with Crippen LogP contribution in [0.15, 0.2) is 60.9 Å². The fraction of sp³-hybridized carbons (Fsp3) is 0.200. The number of carbonyl (C=O) groups is 1. The lowest BCUT2D eigenvalue weighted by Gasteiger charge is -2.29. The summed E-state index contributed by atoms with van der Waals surface area (Å²) in [5.41, 5.74) is 6.91. The van der Waals surface area contributed by atoms with Gasteiger partial charge in [0.15, 0.2) is 0 Å². The third kappa shape index (κ3) is 3.37. The molecular weight excluding hydrogens is 328 g/mol. The highest BCUT2D eigenvalue weighted by atomic mass is 16.5. The molecule has 0 bridgehead atoms. The minimum absolute atomic E-state index is 0.465. The zero-order valence-electron chi connectivity index (χ0n) is 14.3. The van der Waals surface area contributed by atoms with Crippen LogP contribution >= 0.6 is 0 Å². The molecule has 0 saturated heterocycles. The van der Waals surface area contributed by atoms with Gasteiger partial charge in [0.2, 0.25) is 0 Å². The molecule has 1 aliphatic rings. The number of hydrogen-bond acceptors (Lipinski definition) is 4. The van der Waals surface area contributed by atoms with Crippen LogP contribution in [-0.2, 0) is 19.5 Å². The van der Waals surface area contributed by atoms with Crippen molar-refractivity contribution in [2.75, 3.05) is 6.54 Å². The summed E-state index contributed by atoms with van der Waals surface area (Å²) in [4.78, 5) is 13.9. The van der Waals surface area contributed by atoms with Gasteiger partial charge in [-0.3, -0.25) is 14.9 Å². The van der Waals surface area contributed by atoms with Gasteiger partial charge >= 0.3 is 0 Å². The first-order chi connectivity index (χ1) is 12.7. The van der Waals surface area contributed by atoms with E-state index in [4.69, 9.17) is 5.21 Å². The van der Waals surface area contributed by atoms with Crippen molar-refractivity contribution in [3.05, 3.63) is 83.2 Å². The second kappa shape index (κ2) is 7.11. The van der Waals surface area contributed by atoms with E-state index < -0.39 is 5.91 Å². The zero-order valence-corrected chi connectivity index (χ0v) is 14.3. The molecule has 1 amide bonds. The first kappa shape index (κ1) is 16.5. The lowest BCUT2D eigenvalue weighted by molar-refractivity contribution is 0.0706. The normalized spacial score (nSPS) is 14.0. The molecule has 0 radical (unpaired) electrons. The highest BCUT2D eigenvalue weighted by Crippen LogP contribution is 2.22. The van der Waals surface area contributed by atoms with Crippen molar-refractivity contribution in [1.82, 2.24) is 20.2 Å². The molecule has 1 aromatic heterocycles. The molecule has 4 rings (SSSR count). The molecule has 132 valence electrons. The van der Waals surface area contributed by atoms with Crippen molar-refractivity contribution in [3.8, 4) is 5.69 Å². The number of benzene rings is 2. The van der Waals surface area contributed by atoms with Crippen LogP contribution < -0.4 is 5.48 Å². The molecule has 0 aliphatic carbocycles. The third-order valence-corrected chi connectivity index (χ3v) is 4.77. The highest BCUT2D eigenvalue weighted by molar-refractivity contribution is 5.93. The predicted octanol–water partition coefficient (Wildman–Crippen LogP) is 2.55. The molecule has 0 atom stereocenters. The van der Waals surface area contributed by atoms with Crippen LogP contribution in [0.1, 0.15) is 27.0 Å². The van der Waals surface area contributed by atoms with Gasteiger partial charge in [0.1, 0.15) is 0 Å². The molecule has 1 aliphatic heterocycles. The van der Waals surface area contributed by atoms with Gasteiger partial charge in [-0.1, -0.05) is 18.2 Å². The number of nitrogens with one attached hydrogen (secondary N) is 1. The maximum absolute atomic E-state index is 11.5. The Labute approximate surface area is 151 Å². The molecule has 26 heavy (non-hydrogen) atoms. The van der Waals surface area contributed by atoms with Gasteiger partial charge in [-0.05, 0) is 53.4 Å². The Bertz CT molecular complexity index is 904. The minimum atomic E-state index is -0.465. The quantitative estimate of drug-likeness (QED) is 0.562. The predicted molar refractivity (Wildman–Crippen MR) is 97.1 cm³/mol. The second-order valence-corrected chi connectivity index (χ2v) is 6.50. The van der Waals surface area contributed by atoms with Crippen LogP contribution in [0.4, 0.5) is 0 Å². The molecule has 2 aromatic carbocycles. The molecular formula is C20H20N4O2. The van der Waals surface area contributed by atoms with Gasteiger partial charge in [-0.25, -0.2) is 10.2 Å². The van der Waals surface area contributed by atoms with Gasteiger partial charge in [0.05, 0.1) is 5.69 Å². The summed E-state index contributed by atoms with van der Waals surface area (Å²) in [5.74, 6) is -0.465. The van der Waals surface area contributed by atoms with E-state index in [1.807, 2.05) is 29.1 Å². The van der Waals surface area contributed by atoms with E-state index in [-0.39, 0.29) is 0 Å². The summed E-state index contributed by atoms with van der Waals surface area (Å²) in [7, 11) is 0. The number of amides is 1. The Morgan fingerprint density at radius 1 is 1.15 bits per heavy atom. The first-order valence-corrected chi connectivity index (χ1v) is 8.60. The zero-order chi connectivity index (χ0) is 17.9. The standard InChI is InChI=1S/C20H20N4O2/c25-20(22-26)17-4-5-18-14-23(11-8-16(18)12-17)13-15-2-6-19(7-3-15)24-10-1-9-21-24/h1-7,9-10,12,26H,8,11,13-14H2,(H,22,25). The van der Waals surface area contributed by atoms with E-state index in [1.165, 1.54) is 16.7 Å². The van der Waals surface area contributed by atoms with Crippen molar-refractivity contribution in [2.45, 2.75) is 19.5 Å². The summed E-state index contributed by atoms with van der Waals surface area (Å²) in [6.07, 6.45) is 4.60. The number of hydroxylamine groups is 1. The molecule has 6 nitrogen and oxygen atoms in total. The van der Waals surface area contributed by atoms with Crippen LogP contribution in [-0.4, -0.2) is 32.3 Å². The Morgan fingerprint density at radius 2 is 2.00 bits per heavy atom. The van der Waals surface area contributed by atoms with Crippen molar-refractivity contribution >= 4 is 5.91 Å². The van der Waals surface area contributed by atoms with E-state index in [0.717, 1.165) is 31.7 Å². The number of rotatable bonds is 4. The Balaban J connectivity index is 1.43. The van der Waals surface area contributed by atoms with Crippen LogP contribution in [0.3, 0.4) is 0 Å². The number of hydrogen-bond donors (Lipinski definition) is 2. The monoisotopic (exact) mass is 348 g/mol. The van der Waals surface area contributed by atoms with Crippen molar-refractivity contribution in [1.29, 1.82) is 0 Å². The summed E-state index contributed by atoms with van der Waals surface area (Å²) < 4.78 is 1.85. The van der Waals surface area contributed by atoms with Crippen LogP contribution in [0.2, 0.25) is 0 Å². The summed E-state index contributed by atoms with van der Waals surface area (Å²) in [6, 6.07) is 16.0. The molecule has 2 N–H and O–H groups in total. The average molecular weight is 348 g/mol. The summed E-state index contributed by atoms with van der Waals surface area (Å²) >= 11 is 0. The Morgan fingerprint density at radius 3 is 2.73 bits per heavy atom. The SMILES string of the molecule is O=C(NO)c1ccc2c(c1)CCN(Cc1ccc(-n3cccn3)cc1)C2. The average Bonchev–Trinajstić information content (AvgIpc) is 3.22. The van der Waals surface area contributed by atoms with Gasteiger partial charge in [-0.15, -0.1) is 0 Å². The smallest absolute Gasteiger partial charge is 0.274 e. The van der Waals surface area contributed by atoms with Gasteiger partial charge in [0, 0.05) is 37.6 Å². The molecule has 0 fully saturated rings. The maximum atomic E-state index is 11.5. The van der Waals surface area contributed by atoms with E-state index in [9.17, 15) is 4.79 Å². The lowest BCUT2D eigenvalue weighted by atomic mass is 9.96. The van der Waals surface area contributed by atoms with Gasteiger partial charge < -0.3 is 0 Å². The second-order valence-electron chi connectivity index (χ2n) is 6.50.